The van der Waals surface area contributed by atoms with Gasteiger partial charge in [0.1, 0.15) is 11.5 Å². The topological polar surface area (TPSA) is 88.8 Å². The maximum Gasteiger partial charge on any atom is 0.373 e. The minimum Gasteiger partial charge on any atom is -0.463 e. The van der Waals surface area contributed by atoms with Gasteiger partial charge < -0.3 is 14.1 Å². The zero-order valence-electron chi connectivity index (χ0n) is 19.5. The van der Waals surface area contributed by atoms with E-state index >= 15 is 0 Å². The predicted octanol–water partition coefficient (Wildman–Crippen LogP) is 4.02. The summed E-state index contributed by atoms with van der Waals surface area (Å²) in [6.45, 7) is 3.30. The van der Waals surface area contributed by atoms with E-state index in [1.165, 1.54) is 7.11 Å². The molecule has 0 unspecified atom stereocenters. The lowest BCUT2D eigenvalue weighted by Crippen LogP contribution is -2.35. The molecule has 0 bridgehead atoms. The second-order valence-electron chi connectivity index (χ2n) is 8.49. The summed E-state index contributed by atoms with van der Waals surface area (Å²) < 4.78 is 10.3. The summed E-state index contributed by atoms with van der Waals surface area (Å²) in [5.74, 6) is 0.361. The van der Waals surface area contributed by atoms with E-state index in [0.717, 1.165) is 23.9 Å². The molecule has 8 heteroatoms. The largest absolute Gasteiger partial charge is 0.463 e. The lowest BCUT2D eigenvalue weighted by atomic mass is 10.0. The summed E-state index contributed by atoms with van der Waals surface area (Å²) >= 11 is 0. The molecule has 2 aromatic heterocycles. The molecule has 178 valence electrons. The van der Waals surface area contributed by atoms with Gasteiger partial charge in [0.15, 0.2) is 0 Å². The molecule has 5 rings (SSSR count). The van der Waals surface area contributed by atoms with Gasteiger partial charge in [-0.15, -0.1) is 10.2 Å². The number of ether oxygens (including phenoxy) is 1. The number of carbonyl (C=O) groups is 2. The fourth-order valence-electron chi connectivity index (χ4n) is 4.45. The average molecular weight is 471 g/mol. The Labute approximate surface area is 203 Å². The molecule has 0 radical (unpaired) electrons. The van der Waals surface area contributed by atoms with Crippen LogP contribution < -0.4 is 0 Å². The molecule has 1 saturated heterocycles. The summed E-state index contributed by atoms with van der Waals surface area (Å²) in [7, 11) is 1.33. The zero-order chi connectivity index (χ0) is 24.2. The van der Waals surface area contributed by atoms with Gasteiger partial charge in [-0.2, -0.15) is 0 Å². The van der Waals surface area contributed by atoms with Gasteiger partial charge in [0, 0.05) is 37.1 Å². The maximum atomic E-state index is 13.9. The molecule has 0 saturated carbocycles. The molecule has 1 aliphatic heterocycles. The van der Waals surface area contributed by atoms with Crippen molar-refractivity contribution in [1.82, 2.24) is 20.0 Å². The molecule has 0 N–H and O–H groups in total. The summed E-state index contributed by atoms with van der Waals surface area (Å²) in [5.41, 5.74) is 2.75. The van der Waals surface area contributed by atoms with E-state index in [4.69, 9.17) is 9.15 Å². The van der Waals surface area contributed by atoms with Gasteiger partial charge >= 0.3 is 5.97 Å². The van der Waals surface area contributed by atoms with Crippen molar-refractivity contribution >= 4 is 22.8 Å². The summed E-state index contributed by atoms with van der Waals surface area (Å²) in [4.78, 5) is 29.7. The van der Waals surface area contributed by atoms with Crippen molar-refractivity contribution in [3.63, 3.8) is 0 Å². The van der Waals surface area contributed by atoms with Crippen LogP contribution in [0.15, 0.2) is 71.1 Å². The predicted molar refractivity (Wildman–Crippen MR) is 131 cm³/mol. The van der Waals surface area contributed by atoms with Crippen LogP contribution in [-0.2, 0) is 11.3 Å². The van der Waals surface area contributed by atoms with Crippen molar-refractivity contribution in [3.8, 4) is 11.3 Å². The number of hydrogen-bond acceptors (Lipinski definition) is 7. The van der Waals surface area contributed by atoms with Crippen LogP contribution in [0, 0.1) is 0 Å². The molecule has 8 nitrogen and oxygen atoms in total. The molecule has 4 aromatic rings. The Hall–Kier alpha value is -4.04. The molecular weight excluding hydrogens is 444 g/mol. The molecule has 1 aliphatic rings. The van der Waals surface area contributed by atoms with Crippen LogP contribution in [0.1, 0.15) is 33.1 Å². The van der Waals surface area contributed by atoms with Crippen molar-refractivity contribution in [3.05, 3.63) is 83.8 Å². The normalized spacial score (nSPS) is 14.6. The van der Waals surface area contributed by atoms with Crippen LogP contribution >= 0.6 is 0 Å². The number of benzene rings is 2. The molecule has 35 heavy (non-hydrogen) atoms. The molecule has 0 spiro atoms. The number of amides is 1. The first-order valence-electron chi connectivity index (χ1n) is 11.6. The minimum absolute atomic E-state index is 0.0391. The van der Waals surface area contributed by atoms with Crippen molar-refractivity contribution in [2.45, 2.75) is 13.0 Å². The monoisotopic (exact) mass is 470 g/mol. The highest BCUT2D eigenvalue weighted by atomic mass is 16.5. The molecule has 0 aliphatic carbocycles. The number of rotatable bonds is 5. The number of aromatic nitrogens is 2. The SMILES string of the molecule is COC(=O)c1ccc(CN2CCCN(C(=O)c3c(-c4ccccc4)nnc4ccccc34)CC2)o1. The highest BCUT2D eigenvalue weighted by Gasteiger charge is 2.26. The zero-order valence-corrected chi connectivity index (χ0v) is 19.5. The quantitative estimate of drug-likeness (QED) is 0.407. The highest BCUT2D eigenvalue weighted by Crippen LogP contribution is 2.28. The lowest BCUT2D eigenvalue weighted by Gasteiger charge is -2.23. The summed E-state index contributed by atoms with van der Waals surface area (Å²) in [5, 5.41) is 9.63. The van der Waals surface area contributed by atoms with Crippen LogP contribution in [0.3, 0.4) is 0 Å². The van der Waals surface area contributed by atoms with Gasteiger partial charge in [-0.1, -0.05) is 48.5 Å². The maximum absolute atomic E-state index is 13.9. The van der Waals surface area contributed by atoms with Gasteiger partial charge in [-0.3, -0.25) is 9.69 Å². The minimum atomic E-state index is -0.490. The van der Waals surface area contributed by atoms with Crippen LogP contribution in [0.4, 0.5) is 0 Å². The van der Waals surface area contributed by atoms with Crippen LogP contribution in [0.5, 0.6) is 0 Å². The Morgan fingerprint density at radius 3 is 2.54 bits per heavy atom. The van der Waals surface area contributed by atoms with Gasteiger partial charge in [0.25, 0.3) is 5.91 Å². The Bertz CT molecular complexity index is 1350. The molecule has 2 aromatic carbocycles. The molecule has 1 fully saturated rings. The molecule has 0 atom stereocenters. The first kappa shape index (κ1) is 22.7. The fraction of sp³-hybridized carbons (Fsp3) is 0.259. The average Bonchev–Trinajstić information content (AvgIpc) is 3.25. The van der Waals surface area contributed by atoms with Crippen LogP contribution in [0.2, 0.25) is 0 Å². The number of methoxy groups -OCH3 is 1. The molecule has 3 heterocycles. The standard InChI is InChI=1S/C27H26N4O4/c1-34-27(33)23-13-12-20(35-23)18-30-14-7-15-31(17-16-30)26(32)24-21-10-5-6-11-22(21)28-29-25(24)19-8-3-2-4-9-19/h2-6,8-13H,7,14-18H2,1H3. The van der Waals surface area contributed by atoms with E-state index in [9.17, 15) is 9.59 Å². The first-order valence-corrected chi connectivity index (χ1v) is 11.6. The number of carbonyl (C=O) groups excluding carboxylic acids is 2. The van der Waals surface area contributed by atoms with E-state index in [1.807, 2.05) is 59.5 Å². The third kappa shape index (κ3) is 4.79. The number of esters is 1. The van der Waals surface area contributed by atoms with Crippen molar-refractivity contribution in [1.29, 1.82) is 0 Å². The van der Waals surface area contributed by atoms with E-state index < -0.39 is 5.97 Å². The van der Waals surface area contributed by atoms with E-state index in [0.29, 0.717) is 48.7 Å². The summed E-state index contributed by atoms with van der Waals surface area (Å²) in [6, 6.07) is 20.8. The molecule has 1 amide bonds. The third-order valence-corrected chi connectivity index (χ3v) is 6.23. The van der Waals surface area contributed by atoms with Gasteiger partial charge in [-0.05, 0) is 24.6 Å². The van der Waals surface area contributed by atoms with E-state index in [2.05, 4.69) is 15.1 Å². The first-order chi connectivity index (χ1) is 17.1. The lowest BCUT2D eigenvalue weighted by molar-refractivity contribution is 0.0560. The van der Waals surface area contributed by atoms with Crippen LogP contribution in [0.25, 0.3) is 22.2 Å². The molecular formula is C27H26N4O4. The van der Waals surface area contributed by atoms with Gasteiger partial charge in [0.2, 0.25) is 5.76 Å². The Morgan fingerprint density at radius 2 is 1.71 bits per heavy atom. The van der Waals surface area contributed by atoms with Crippen LogP contribution in [-0.4, -0.2) is 65.2 Å². The Balaban J connectivity index is 1.38. The van der Waals surface area contributed by atoms with Gasteiger partial charge in [0.05, 0.1) is 24.7 Å². The number of fused-ring (bicyclic) bond motifs is 1. The van der Waals surface area contributed by atoms with Crippen molar-refractivity contribution in [2.75, 3.05) is 33.3 Å². The third-order valence-electron chi connectivity index (χ3n) is 6.23. The smallest absolute Gasteiger partial charge is 0.373 e. The second kappa shape index (κ2) is 10.1. The Morgan fingerprint density at radius 1 is 0.914 bits per heavy atom. The van der Waals surface area contributed by atoms with Crippen molar-refractivity contribution in [2.24, 2.45) is 0 Å². The van der Waals surface area contributed by atoms with Crippen molar-refractivity contribution < 1.29 is 18.7 Å². The Kier molecular flexibility index (Phi) is 6.54. The van der Waals surface area contributed by atoms with E-state index in [1.54, 1.807) is 12.1 Å². The summed E-state index contributed by atoms with van der Waals surface area (Å²) in [6.07, 6.45) is 0.827. The highest BCUT2D eigenvalue weighted by molar-refractivity contribution is 6.10. The second-order valence-corrected chi connectivity index (χ2v) is 8.49. The fourth-order valence-corrected chi connectivity index (χ4v) is 4.45. The van der Waals surface area contributed by atoms with E-state index in [-0.39, 0.29) is 11.7 Å². The van der Waals surface area contributed by atoms with Gasteiger partial charge in [-0.25, -0.2) is 4.79 Å². The number of nitrogens with zero attached hydrogens (tertiary/aromatic N) is 4. The number of hydrogen-bond donors (Lipinski definition) is 0. The number of furan rings is 1.